The maximum absolute atomic E-state index is 12.0. The molecule has 0 fully saturated rings. The molecular formula is C12H21N3O2S. The molecule has 1 aromatic carbocycles. The molecule has 0 amide bonds. The van der Waals surface area contributed by atoms with Gasteiger partial charge in [-0.3, -0.25) is 5.84 Å². The Morgan fingerprint density at radius 1 is 1.28 bits per heavy atom. The van der Waals surface area contributed by atoms with Gasteiger partial charge in [-0.1, -0.05) is 19.8 Å². The maximum Gasteiger partial charge on any atom is 0.240 e. The van der Waals surface area contributed by atoms with Crippen LogP contribution in [0.5, 0.6) is 0 Å². The fourth-order valence-electron chi connectivity index (χ4n) is 1.63. The third-order valence-corrected chi connectivity index (χ3v) is 4.28. The van der Waals surface area contributed by atoms with Gasteiger partial charge in [0.2, 0.25) is 10.0 Å². The molecule has 1 aromatic rings. The molecule has 0 saturated carbocycles. The van der Waals surface area contributed by atoms with Crippen molar-refractivity contribution in [3.05, 3.63) is 24.3 Å². The van der Waals surface area contributed by atoms with E-state index >= 15 is 0 Å². The van der Waals surface area contributed by atoms with Crippen LogP contribution in [-0.4, -0.2) is 14.5 Å². The van der Waals surface area contributed by atoms with Gasteiger partial charge >= 0.3 is 0 Å². The highest BCUT2D eigenvalue weighted by Crippen LogP contribution is 2.14. The average molecular weight is 271 g/mol. The SMILES string of the molecule is CCCCC(C)NS(=O)(=O)c1ccc(NN)cc1. The highest BCUT2D eigenvalue weighted by molar-refractivity contribution is 7.89. The first-order valence-electron chi connectivity index (χ1n) is 6.08. The van der Waals surface area contributed by atoms with Crippen molar-refractivity contribution in [2.24, 2.45) is 5.84 Å². The van der Waals surface area contributed by atoms with E-state index in [0.29, 0.717) is 5.69 Å². The molecule has 0 saturated heterocycles. The summed E-state index contributed by atoms with van der Waals surface area (Å²) >= 11 is 0. The highest BCUT2D eigenvalue weighted by Gasteiger charge is 2.16. The van der Waals surface area contributed by atoms with E-state index in [9.17, 15) is 8.42 Å². The summed E-state index contributed by atoms with van der Waals surface area (Å²) in [4.78, 5) is 0.254. The molecule has 0 aliphatic heterocycles. The third kappa shape index (κ3) is 4.29. The predicted octanol–water partition coefficient (Wildman–Crippen LogP) is 1.83. The molecule has 0 bridgehead atoms. The minimum atomic E-state index is -3.43. The molecule has 6 heteroatoms. The number of anilines is 1. The minimum Gasteiger partial charge on any atom is -0.324 e. The van der Waals surface area contributed by atoms with Crippen molar-refractivity contribution in [3.8, 4) is 0 Å². The molecule has 0 aromatic heterocycles. The Hall–Kier alpha value is -1.11. The number of sulfonamides is 1. The topological polar surface area (TPSA) is 84.2 Å². The Kier molecular flexibility index (Phi) is 5.58. The second-order valence-electron chi connectivity index (χ2n) is 4.33. The monoisotopic (exact) mass is 271 g/mol. The van der Waals surface area contributed by atoms with Crippen LogP contribution in [0, 0.1) is 0 Å². The van der Waals surface area contributed by atoms with Crippen LogP contribution in [0.25, 0.3) is 0 Å². The number of hydrogen-bond acceptors (Lipinski definition) is 4. The molecule has 0 heterocycles. The molecule has 4 N–H and O–H groups in total. The van der Waals surface area contributed by atoms with Gasteiger partial charge in [0, 0.05) is 11.7 Å². The number of hydrazine groups is 1. The predicted molar refractivity (Wildman–Crippen MR) is 73.6 cm³/mol. The number of unbranched alkanes of at least 4 members (excludes halogenated alkanes) is 1. The first-order valence-corrected chi connectivity index (χ1v) is 7.57. The van der Waals surface area contributed by atoms with E-state index in [0.717, 1.165) is 19.3 Å². The van der Waals surface area contributed by atoms with Crippen molar-refractivity contribution in [1.29, 1.82) is 0 Å². The Morgan fingerprint density at radius 2 is 1.89 bits per heavy atom. The van der Waals surface area contributed by atoms with Gasteiger partial charge in [0.1, 0.15) is 0 Å². The van der Waals surface area contributed by atoms with Crippen LogP contribution in [0.15, 0.2) is 29.2 Å². The van der Waals surface area contributed by atoms with Gasteiger partial charge in [0.15, 0.2) is 0 Å². The molecule has 18 heavy (non-hydrogen) atoms. The van der Waals surface area contributed by atoms with E-state index < -0.39 is 10.0 Å². The van der Waals surface area contributed by atoms with Crippen molar-refractivity contribution in [2.45, 2.75) is 44.0 Å². The van der Waals surface area contributed by atoms with E-state index in [4.69, 9.17) is 5.84 Å². The molecule has 0 spiro atoms. The maximum atomic E-state index is 12.0. The van der Waals surface area contributed by atoms with Crippen LogP contribution >= 0.6 is 0 Å². The van der Waals surface area contributed by atoms with Crippen LogP contribution in [0.3, 0.4) is 0 Å². The molecule has 5 nitrogen and oxygen atoms in total. The highest BCUT2D eigenvalue weighted by atomic mass is 32.2. The lowest BCUT2D eigenvalue weighted by molar-refractivity contribution is 0.534. The average Bonchev–Trinajstić information content (AvgIpc) is 2.36. The normalized spacial score (nSPS) is 13.3. The second-order valence-corrected chi connectivity index (χ2v) is 6.05. The van der Waals surface area contributed by atoms with Gasteiger partial charge in [-0.2, -0.15) is 0 Å². The fraction of sp³-hybridized carbons (Fsp3) is 0.500. The Bertz CT molecular complexity index is 457. The fourth-order valence-corrected chi connectivity index (χ4v) is 2.91. The van der Waals surface area contributed by atoms with Gasteiger partial charge in [-0.25, -0.2) is 13.1 Å². The number of nitrogens with two attached hydrogens (primary N) is 1. The molecule has 0 aliphatic carbocycles. The number of nitrogens with one attached hydrogen (secondary N) is 2. The van der Waals surface area contributed by atoms with Gasteiger partial charge in [-0.05, 0) is 37.6 Å². The van der Waals surface area contributed by atoms with Crippen molar-refractivity contribution >= 4 is 15.7 Å². The summed E-state index contributed by atoms with van der Waals surface area (Å²) in [5, 5.41) is 0. The Morgan fingerprint density at radius 3 is 2.39 bits per heavy atom. The Labute approximate surface area is 109 Å². The summed E-state index contributed by atoms with van der Waals surface area (Å²) in [5.41, 5.74) is 3.13. The van der Waals surface area contributed by atoms with Crippen LogP contribution in [0.2, 0.25) is 0 Å². The molecule has 0 aliphatic rings. The summed E-state index contributed by atoms with van der Waals surface area (Å²) in [5.74, 6) is 5.23. The van der Waals surface area contributed by atoms with Crippen molar-refractivity contribution in [3.63, 3.8) is 0 Å². The summed E-state index contributed by atoms with van der Waals surface area (Å²) in [6.45, 7) is 3.96. The number of rotatable bonds is 7. The van der Waals surface area contributed by atoms with Gasteiger partial charge in [-0.15, -0.1) is 0 Å². The van der Waals surface area contributed by atoms with E-state index in [1.54, 1.807) is 12.1 Å². The summed E-state index contributed by atoms with van der Waals surface area (Å²) < 4.78 is 26.8. The van der Waals surface area contributed by atoms with Crippen LogP contribution in [0.4, 0.5) is 5.69 Å². The smallest absolute Gasteiger partial charge is 0.240 e. The molecule has 1 atom stereocenters. The molecule has 0 radical (unpaired) electrons. The van der Waals surface area contributed by atoms with Crippen molar-refractivity contribution in [2.75, 3.05) is 5.43 Å². The van der Waals surface area contributed by atoms with Gasteiger partial charge < -0.3 is 5.43 Å². The lowest BCUT2D eigenvalue weighted by Gasteiger charge is -2.14. The van der Waals surface area contributed by atoms with Crippen molar-refractivity contribution < 1.29 is 8.42 Å². The first-order chi connectivity index (χ1) is 8.49. The lowest BCUT2D eigenvalue weighted by Crippen LogP contribution is -2.32. The number of benzene rings is 1. The van der Waals surface area contributed by atoms with Crippen molar-refractivity contribution in [1.82, 2.24) is 4.72 Å². The molecule has 102 valence electrons. The first kappa shape index (κ1) is 14.9. The van der Waals surface area contributed by atoms with Crippen LogP contribution in [0.1, 0.15) is 33.1 Å². The largest absolute Gasteiger partial charge is 0.324 e. The second kappa shape index (κ2) is 6.72. The zero-order valence-electron chi connectivity index (χ0n) is 10.8. The summed E-state index contributed by atoms with van der Waals surface area (Å²) in [7, 11) is -3.43. The van der Waals surface area contributed by atoms with E-state index in [2.05, 4.69) is 17.1 Å². The molecule has 1 rings (SSSR count). The summed E-state index contributed by atoms with van der Waals surface area (Å²) in [6, 6.07) is 6.27. The Balaban J connectivity index is 2.73. The lowest BCUT2D eigenvalue weighted by atomic mass is 10.2. The quantitative estimate of drug-likeness (QED) is 0.522. The van der Waals surface area contributed by atoms with Gasteiger partial charge in [0.05, 0.1) is 4.90 Å². The van der Waals surface area contributed by atoms with Crippen LogP contribution in [-0.2, 0) is 10.0 Å². The molecular weight excluding hydrogens is 250 g/mol. The minimum absolute atomic E-state index is 0.0535. The molecule has 1 unspecified atom stereocenters. The van der Waals surface area contributed by atoms with E-state index in [-0.39, 0.29) is 10.9 Å². The third-order valence-electron chi connectivity index (χ3n) is 2.68. The number of hydrogen-bond donors (Lipinski definition) is 3. The number of nitrogen functional groups attached to an aromatic ring is 1. The van der Waals surface area contributed by atoms with E-state index in [1.807, 2.05) is 6.92 Å². The zero-order chi connectivity index (χ0) is 13.6. The van der Waals surface area contributed by atoms with Gasteiger partial charge in [0.25, 0.3) is 0 Å². The summed E-state index contributed by atoms with van der Waals surface area (Å²) in [6.07, 6.45) is 2.92. The van der Waals surface area contributed by atoms with Crippen LogP contribution < -0.4 is 16.0 Å². The van der Waals surface area contributed by atoms with E-state index in [1.165, 1.54) is 12.1 Å². The zero-order valence-corrected chi connectivity index (χ0v) is 11.6. The standard InChI is InChI=1S/C12H21N3O2S/c1-3-4-5-10(2)15-18(16,17)12-8-6-11(14-13)7-9-12/h6-10,14-15H,3-5,13H2,1-2H3.